The van der Waals surface area contributed by atoms with Crippen LogP contribution in [0.1, 0.15) is 29.3 Å². The van der Waals surface area contributed by atoms with Gasteiger partial charge in [-0.05, 0) is 42.2 Å². The maximum absolute atomic E-state index is 12.2. The fraction of sp³-hybridized carbons (Fsp3) is 0.158. The zero-order chi connectivity index (χ0) is 16.4. The van der Waals surface area contributed by atoms with Crippen molar-refractivity contribution in [3.8, 4) is 0 Å². The lowest BCUT2D eigenvalue weighted by atomic mass is 10.1. The second kappa shape index (κ2) is 6.39. The van der Waals surface area contributed by atoms with Gasteiger partial charge in [-0.2, -0.15) is 0 Å². The minimum absolute atomic E-state index is 0.137. The number of aromatic nitrogens is 2. The van der Waals surface area contributed by atoms with E-state index in [1.807, 2.05) is 37.3 Å². The Morgan fingerprint density at radius 2 is 2.00 bits per heavy atom. The van der Waals surface area contributed by atoms with Crippen molar-refractivity contribution in [1.82, 2.24) is 9.38 Å². The molecule has 23 heavy (non-hydrogen) atoms. The van der Waals surface area contributed by atoms with Crippen LogP contribution < -0.4 is 5.56 Å². The third kappa shape index (κ3) is 3.20. The van der Waals surface area contributed by atoms with Gasteiger partial charge in [0.1, 0.15) is 5.65 Å². The minimum atomic E-state index is -0.137. The van der Waals surface area contributed by atoms with E-state index in [0.717, 1.165) is 17.5 Å². The molecule has 0 aliphatic heterocycles. The number of rotatable bonds is 3. The van der Waals surface area contributed by atoms with Crippen LogP contribution in [0, 0.1) is 6.92 Å². The van der Waals surface area contributed by atoms with Crippen molar-refractivity contribution in [2.24, 2.45) is 0 Å². The molecule has 3 rings (SSSR count). The van der Waals surface area contributed by atoms with E-state index in [4.69, 9.17) is 11.6 Å². The lowest BCUT2D eigenvalue weighted by molar-refractivity contribution is 1.02. The molecule has 0 fully saturated rings. The van der Waals surface area contributed by atoms with Gasteiger partial charge >= 0.3 is 0 Å². The van der Waals surface area contributed by atoms with Crippen molar-refractivity contribution in [3.63, 3.8) is 0 Å². The van der Waals surface area contributed by atoms with E-state index in [2.05, 4.69) is 24.0 Å². The highest BCUT2D eigenvalue weighted by molar-refractivity contribution is 6.51. The van der Waals surface area contributed by atoms with Crippen molar-refractivity contribution in [1.29, 1.82) is 0 Å². The molecule has 0 aliphatic rings. The zero-order valence-electron chi connectivity index (χ0n) is 13.1. The zero-order valence-corrected chi connectivity index (χ0v) is 13.8. The van der Waals surface area contributed by atoms with Crippen molar-refractivity contribution < 1.29 is 0 Å². The highest BCUT2D eigenvalue weighted by Crippen LogP contribution is 2.21. The normalized spacial score (nSPS) is 11.9. The van der Waals surface area contributed by atoms with Gasteiger partial charge in [-0.15, -0.1) is 0 Å². The highest BCUT2D eigenvalue weighted by Gasteiger charge is 2.07. The van der Waals surface area contributed by atoms with Crippen molar-refractivity contribution >= 4 is 28.4 Å². The van der Waals surface area contributed by atoms with Crippen molar-refractivity contribution in [2.75, 3.05) is 0 Å². The number of hydrogen-bond acceptors (Lipinski definition) is 2. The third-order valence-electron chi connectivity index (χ3n) is 3.81. The Balaban J connectivity index is 2.06. The van der Waals surface area contributed by atoms with Crippen LogP contribution in [0.4, 0.5) is 0 Å². The first kappa shape index (κ1) is 15.5. The third-order valence-corrected chi connectivity index (χ3v) is 4.12. The molecule has 3 aromatic rings. The van der Waals surface area contributed by atoms with Gasteiger partial charge in [-0.25, -0.2) is 4.98 Å². The summed E-state index contributed by atoms with van der Waals surface area (Å²) >= 11 is 6.39. The van der Waals surface area contributed by atoms with Gasteiger partial charge in [0, 0.05) is 12.3 Å². The van der Waals surface area contributed by atoms with E-state index in [0.29, 0.717) is 16.4 Å². The lowest BCUT2D eigenvalue weighted by Gasteiger charge is -2.06. The van der Waals surface area contributed by atoms with Crippen LogP contribution in [-0.2, 0) is 6.42 Å². The number of nitrogens with zero attached hydrogens (tertiary/aromatic N) is 2. The molecule has 2 heterocycles. The monoisotopic (exact) mass is 324 g/mol. The number of halogens is 1. The molecule has 4 heteroatoms. The Morgan fingerprint density at radius 1 is 1.26 bits per heavy atom. The summed E-state index contributed by atoms with van der Waals surface area (Å²) in [5.41, 5.74) is 4.17. The van der Waals surface area contributed by atoms with E-state index >= 15 is 0 Å². The molecule has 0 unspecified atom stereocenters. The first-order chi connectivity index (χ1) is 11.1. The predicted molar refractivity (Wildman–Crippen MR) is 95.7 cm³/mol. The average molecular weight is 325 g/mol. The fourth-order valence-electron chi connectivity index (χ4n) is 2.45. The Morgan fingerprint density at radius 3 is 2.70 bits per heavy atom. The van der Waals surface area contributed by atoms with Crippen molar-refractivity contribution in [2.45, 2.75) is 20.3 Å². The highest BCUT2D eigenvalue weighted by atomic mass is 35.5. The van der Waals surface area contributed by atoms with Crippen molar-refractivity contribution in [3.05, 3.63) is 81.4 Å². The number of benzene rings is 1. The summed E-state index contributed by atoms with van der Waals surface area (Å²) in [5, 5.41) is 0.456. The molecule has 2 aromatic heterocycles. The van der Waals surface area contributed by atoms with Crippen LogP contribution in [0.5, 0.6) is 0 Å². The number of aryl methyl sites for hydroxylation is 2. The number of pyridine rings is 1. The summed E-state index contributed by atoms with van der Waals surface area (Å²) in [6.07, 6.45) is 4.54. The molecular formula is C19H17ClN2O. The molecule has 3 nitrogen and oxygen atoms in total. The maximum atomic E-state index is 12.2. The number of hydrogen-bond donors (Lipinski definition) is 0. The summed E-state index contributed by atoms with van der Waals surface area (Å²) in [7, 11) is 0. The molecule has 0 spiro atoms. The van der Waals surface area contributed by atoms with Gasteiger partial charge < -0.3 is 0 Å². The van der Waals surface area contributed by atoms with Crippen LogP contribution in [0.2, 0.25) is 0 Å². The lowest BCUT2D eigenvalue weighted by Crippen LogP contribution is -2.15. The van der Waals surface area contributed by atoms with E-state index in [9.17, 15) is 4.79 Å². The topological polar surface area (TPSA) is 34.4 Å². The van der Waals surface area contributed by atoms with Crippen LogP contribution in [-0.4, -0.2) is 9.38 Å². The molecule has 0 bridgehead atoms. The van der Waals surface area contributed by atoms with E-state index in [1.165, 1.54) is 16.0 Å². The smallest absolute Gasteiger partial charge is 0.258 e. The first-order valence-electron chi connectivity index (χ1n) is 7.54. The average Bonchev–Trinajstić information content (AvgIpc) is 2.56. The predicted octanol–water partition coefficient (Wildman–Crippen LogP) is 4.30. The SMILES string of the molecule is CCc1ccc(/C=C(\Cl)c2cc(=O)n3cccc(C)c3n2)cc1. The standard InChI is InChI=1S/C19H17ClN2O/c1-3-14-6-8-15(9-7-14)11-16(20)17-12-18(23)22-10-4-5-13(2)19(22)21-17/h4-12H,3H2,1-2H3/b16-11-. The van der Waals surface area contributed by atoms with Gasteiger partial charge in [-0.1, -0.05) is 48.9 Å². The van der Waals surface area contributed by atoms with E-state index in [-0.39, 0.29) is 5.56 Å². The van der Waals surface area contributed by atoms with E-state index in [1.54, 1.807) is 6.20 Å². The molecule has 0 N–H and O–H groups in total. The quantitative estimate of drug-likeness (QED) is 0.719. The second-order valence-corrected chi connectivity index (χ2v) is 5.86. The second-order valence-electron chi connectivity index (χ2n) is 5.45. The molecule has 1 aromatic carbocycles. The molecule has 0 radical (unpaired) electrons. The Bertz CT molecular complexity index is 940. The Hall–Kier alpha value is -2.39. The molecule has 0 aliphatic carbocycles. The number of fused-ring (bicyclic) bond motifs is 1. The Labute approximate surface area is 139 Å². The molecule has 0 saturated heterocycles. The van der Waals surface area contributed by atoms with Gasteiger partial charge in [0.2, 0.25) is 0 Å². The molecule has 116 valence electrons. The summed E-state index contributed by atoms with van der Waals surface area (Å²) in [6, 6.07) is 13.4. The fourth-order valence-corrected chi connectivity index (χ4v) is 2.68. The van der Waals surface area contributed by atoms with E-state index < -0.39 is 0 Å². The van der Waals surface area contributed by atoms with Gasteiger partial charge in [-0.3, -0.25) is 9.20 Å². The molecular weight excluding hydrogens is 308 g/mol. The molecule has 0 amide bonds. The molecule has 0 atom stereocenters. The van der Waals surface area contributed by atoms with Gasteiger partial charge in [0.25, 0.3) is 5.56 Å². The summed E-state index contributed by atoms with van der Waals surface area (Å²) < 4.78 is 1.53. The summed E-state index contributed by atoms with van der Waals surface area (Å²) in [6.45, 7) is 4.04. The van der Waals surface area contributed by atoms with Crippen LogP contribution in [0.25, 0.3) is 16.8 Å². The maximum Gasteiger partial charge on any atom is 0.258 e. The van der Waals surface area contributed by atoms with Gasteiger partial charge in [0.15, 0.2) is 0 Å². The van der Waals surface area contributed by atoms with Crippen LogP contribution in [0.15, 0.2) is 53.5 Å². The Kier molecular flexibility index (Phi) is 4.30. The van der Waals surface area contributed by atoms with Crippen LogP contribution >= 0.6 is 11.6 Å². The first-order valence-corrected chi connectivity index (χ1v) is 7.92. The summed E-state index contributed by atoms with van der Waals surface area (Å²) in [4.78, 5) is 16.8. The largest absolute Gasteiger partial charge is 0.269 e. The minimum Gasteiger partial charge on any atom is -0.269 e. The van der Waals surface area contributed by atoms with Crippen LogP contribution in [0.3, 0.4) is 0 Å². The molecule has 0 saturated carbocycles. The van der Waals surface area contributed by atoms with Gasteiger partial charge in [0.05, 0.1) is 10.7 Å². The summed E-state index contributed by atoms with van der Waals surface area (Å²) in [5.74, 6) is 0.